The highest BCUT2D eigenvalue weighted by molar-refractivity contribution is 6.04. The van der Waals surface area contributed by atoms with Crippen LogP contribution in [0.25, 0.3) is 0 Å². The number of hydrogen-bond donors (Lipinski definition) is 2. The molecule has 1 aliphatic heterocycles. The van der Waals surface area contributed by atoms with Crippen molar-refractivity contribution in [2.45, 2.75) is 12.3 Å². The summed E-state index contributed by atoms with van der Waals surface area (Å²) in [6, 6.07) is 16.7. The summed E-state index contributed by atoms with van der Waals surface area (Å²) in [6.07, 6.45) is 1.16. The molecule has 0 spiro atoms. The topological polar surface area (TPSA) is 64.9 Å². The summed E-state index contributed by atoms with van der Waals surface area (Å²) in [6.45, 7) is 2.10. The van der Waals surface area contributed by atoms with Gasteiger partial charge in [0, 0.05) is 17.8 Å². The van der Waals surface area contributed by atoms with Gasteiger partial charge in [0.25, 0.3) is 5.91 Å². The van der Waals surface area contributed by atoms with E-state index in [1.165, 1.54) is 5.56 Å². The number of nitriles is 1. The third-order valence-corrected chi connectivity index (χ3v) is 3.98. The molecule has 2 aromatic rings. The predicted molar refractivity (Wildman–Crippen MR) is 85.8 cm³/mol. The maximum Gasteiger partial charge on any atom is 0.255 e. The smallest absolute Gasteiger partial charge is 0.255 e. The number of nitrogens with zero attached hydrogens (tertiary/aromatic N) is 1. The Morgan fingerprint density at radius 2 is 1.86 bits per heavy atom. The summed E-state index contributed by atoms with van der Waals surface area (Å²) in [5.74, 6) is 0.406. The van der Waals surface area contributed by atoms with E-state index < -0.39 is 0 Å². The Hall–Kier alpha value is -2.64. The van der Waals surface area contributed by atoms with Crippen molar-refractivity contribution in [3.63, 3.8) is 0 Å². The molecule has 2 N–H and O–H groups in total. The van der Waals surface area contributed by atoms with Crippen LogP contribution in [0.5, 0.6) is 0 Å². The van der Waals surface area contributed by atoms with Crippen molar-refractivity contribution < 1.29 is 4.79 Å². The number of amides is 1. The van der Waals surface area contributed by atoms with E-state index in [1.807, 2.05) is 18.2 Å². The lowest BCUT2D eigenvalue weighted by atomic mass is 9.98. The van der Waals surface area contributed by atoms with E-state index in [2.05, 4.69) is 22.8 Å². The zero-order valence-corrected chi connectivity index (χ0v) is 12.2. The molecule has 1 saturated heterocycles. The lowest BCUT2D eigenvalue weighted by Crippen LogP contribution is -2.12. The molecule has 1 amide bonds. The Labute approximate surface area is 129 Å². The summed E-state index contributed by atoms with van der Waals surface area (Å²) < 4.78 is 0. The maximum atomic E-state index is 12.2. The Morgan fingerprint density at radius 1 is 1.14 bits per heavy atom. The number of hydrogen-bond acceptors (Lipinski definition) is 3. The molecule has 2 aromatic carbocycles. The van der Waals surface area contributed by atoms with Gasteiger partial charge in [-0.3, -0.25) is 4.79 Å². The number of carbonyl (C=O) groups excluding carboxylic acids is 1. The summed E-state index contributed by atoms with van der Waals surface area (Å²) in [4.78, 5) is 12.2. The fourth-order valence-electron chi connectivity index (χ4n) is 2.68. The second-order valence-corrected chi connectivity index (χ2v) is 5.46. The van der Waals surface area contributed by atoms with E-state index in [0.29, 0.717) is 17.0 Å². The van der Waals surface area contributed by atoms with E-state index in [1.54, 1.807) is 24.3 Å². The normalized spacial score (nSPS) is 17.0. The van der Waals surface area contributed by atoms with E-state index in [-0.39, 0.29) is 5.91 Å². The lowest BCUT2D eigenvalue weighted by molar-refractivity contribution is 0.102. The third kappa shape index (κ3) is 3.16. The number of anilines is 1. The van der Waals surface area contributed by atoms with Crippen molar-refractivity contribution in [2.75, 3.05) is 18.4 Å². The van der Waals surface area contributed by atoms with Crippen molar-refractivity contribution in [1.82, 2.24) is 5.32 Å². The molecule has 1 aliphatic rings. The first-order valence-corrected chi connectivity index (χ1v) is 7.38. The highest BCUT2D eigenvalue weighted by Gasteiger charge is 2.16. The van der Waals surface area contributed by atoms with Crippen LogP contribution in [0, 0.1) is 11.3 Å². The molecule has 0 aliphatic carbocycles. The number of benzene rings is 2. The summed E-state index contributed by atoms with van der Waals surface area (Å²) in [5.41, 5.74) is 3.18. The van der Waals surface area contributed by atoms with Crippen LogP contribution in [0.2, 0.25) is 0 Å². The van der Waals surface area contributed by atoms with Crippen molar-refractivity contribution in [1.29, 1.82) is 5.26 Å². The highest BCUT2D eigenvalue weighted by Crippen LogP contribution is 2.23. The fraction of sp³-hybridized carbons (Fsp3) is 0.222. The van der Waals surface area contributed by atoms with Crippen LogP contribution in [0.1, 0.15) is 33.8 Å². The molecule has 1 heterocycles. The molecule has 1 fully saturated rings. The zero-order chi connectivity index (χ0) is 15.4. The van der Waals surface area contributed by atoms with Crippen LogP contribution in [0.15, 0.2) is 48.5 Å². The van der Waals surface area contributed by atoms with Gasteiger partial charge in [0.05, 0.1) is 11.6 Å². The van der Waals surface area contributed by atoms with Gasteiger partial charge in [-0.1, -0.05) is 12.1 Å². The SMILES string of the molecule is N#Cc1ccc(C(=O)Nc2ccc([C@H]3CCNC3)cc2)cc1. The van der Waals surface area contributed by atoms with Gasteiger partial charge < -0.3 is 10.6 Å². The van der Waals surface area contributed by atoms with Gasteiger partial charge in [-0.2, -0.15) is 5.26 Å². The molecular weight excluding hydrogens is 274 g/mol. The van der Waals surface area contributed by atoms with Gasteiger partial charge in [-0.25, -0.2) is 0 Å². The molecule has 110 valence electrons. The fourth-order valence-corrected chi connectivity index (χ4v) is 2.68. The number of rotatable bonds is 3. The minimum absolute atomic E-state index is 0.167. The minimum atomic E-state index is -0.167. The maximum absolute atomic E-state index is 12.2. The Bertz CT molecular complexity index is 693. The lowest BCUT2D eigenvalue weighted by Gasteiger charge is -2.10. The first-order valence-electron chi connectivity index (χ1n) is 7.38. The molecular formula is C18H17N3O. The first kappa shape index (κ1) is 14.3. The van der Waals surface area contributed by atoms with Crippen LogP contribution in [-0.4, -0.2) is 19.0 Å². The van der Waals surface area contributed by atoms with Crippen LogP contribution in [0.3, 0.4) is 0 Å². The first-order chi connectivity index (χ1) is 10.8. The average molecular weight is 291 g/mol. The third-order valence-electron chi connectivity index (χ3n) is 3.98. The Balaban J connectivity index is 1.66. The summed E-state index contributed by atoms with van der Waals surface area (Å²) in [7, 11) is 0. The molecule has 4 heteroatoms. The van der Waals surface area contributed by atoms with E-state index in [0.717, 1.165) is 25.2 Å². The second-order valence-electron chi connectivity index (χ2n) is 5.46. The van der Waals surface area contributed by atoms with Gasteiger partial charge in [0.1, 0.15) is 0 Å². The van der Waals surface area contributed by atoms with Crippen molar-refractivity contribution in [2.24, 2.45) is 0 Å². The van der Waals surface area contributed by atoms with Crippen LogP contribution in [-0.2, 0) is 0 Å². The molecule has 3 rings (SSSR count). The largest absolute Gasteiger partial charge is 0.322 e. The molecule has 0 saturated carbocycles. The van der Waals surface area contributed by atoms with E-state index >= 15 is 0 Å². The Morgan fingerprint density at radius 3 is 2.45 bits per heavy atom. The predicted octanol–water partition coefficient (Wildman–Crippen LogP) is 2.89. The number of nitrogens with one attached hydrogen (secondary N) is 2. The standard InChI is InChI=1S/C18H17N3O/c19-11-13-1-3-15(4-2-13)18(22)21-17-7-5-14(6-8-17)16-9-10-20-12-16/h1-8,16,20H,9-10,12H2,(H,21,22)/t16-/m0/s1. The molecule has 0 aromatic heterocycles. The van der Waals surface area contributed by atoms with Gasteiger partial charge in [-0.05, 0) is 60.8 Å². The number of carbonyl (C=O) groups is 1. The molecule has 1 atom stereocenters. The Kier molecular flexibility index (Phi) is 4.17. The van der Waals surface area contributed by atoms with Gasteiger partial charge in [-0.15, -0.1) is 0 Å². The molecule has 22 heavy (non-hydrogen) atoms. The van der Waals surface area contributed by atoms with E-state index in [9.17, 15) is 4.79 Å². The molecule has 0 radical (unpaired) electrons. The summed E-state index contributed by atoms with van der Waals surface area (Å²) >= 11 is 0. The second kappa shape index (κ2) is 6.42. The zero-order valence-electron chi connectivity index (χ0n) is 12.2. The summed E-state index contributed by atoms with van der Waals surface area (Å²) in [5, 5.41) is 15.0. The van der Waals surface area contributed by atoms with E-state index in [4.69, 9.17) is 5.26 Å². The minimum Gasteiger partial charge on any atom is -0.322 e. The van der Waals surface area contributed by atoms with Crippen molar-refractivity contribution in [3.05, 3.63) is 65.2 Å². The van der Waals surface area contributed by atoms with Gasteiger partial charge in [0.15, 0.2) is 0 Å². The van der Waals surface area contributed by atoms with Crippen LogP contribution in [0.4, 0.5) is 5.69 Å². The van der Waals surface area contributed by atoms with Gasteiger partial charge >= 0.3 is 0 Å². The van der Waals surface area contributed by atoms with Crippen LogP contribution < -0.4 is 10.6 Å². The molecule has 0 unspecified atom stereocenters. The monoisotopic (exact) mass is 291 g/mol. The van der Waals surface area contributed by atoms with Gasteiger partial charge in [0.2, 0.25) is 0 Å². The quantitative estimate of drug-likeness (QED) is 0.914. The highest BCUT2D eigenvalue weighted by atomic mass is 16.1. The molecule has 4 nitrogen and oxygen atoms in total. The van der Waals surface area contributed by atoms with Crippen LogP contribution >= 0.6 is 0 Å². The average Bonchev–Trinajstić information content (AvgIpc) is 3.10. The van der Waals surface area contributed by atoms with Crippen molar-refractivity contribution >= 4 is 11.6 Å². The molecule has 0 bridgehead atoms. The van der Waals surface area contributed by atoms with Crippen molar-refractivity contribution in [3.8, 4) is 6.07 Å².